The predicted molar refractivity (Wildman–Crippen MR) is 91.0 cm³/mol. The van der Waals surface area contributed by atoms with Crippen LogP contribution in [-0.2, 0) is 22.8 Å². The molecule has 0 aromatic heterocycles. The van der Waals surface area contributed by atoms with E-state index >= 15 is 0 Å². The van der Waals surface area contributed by atoms with Gasteiger partial charge in [0.1, 0.15) is 6.10 Å². The van der Waals surface area contributed by atoms with Gasteiger partial charge in [-0.2, -0.15) is 11.8 Å². The minimum Gasteiger partial charge on any atom is -0.458 e. The molecule has 1 aliphatic rings. The third-order valence-electron chi connectivity index (χ3n) is 3.65. The van der Waals surface area contributed by atoms with Gasteiger partial charge in [0.2, 0.25) is 0 Å². The van der Waals surface area contributed by atoms with E-state index in [0.717, 1.165) is 43.2 Å². The van der Waals surface area contributed by atoms with Crippen LogP contribution in [0.4, 0.5) is 0 Å². The first kappa shape index (κ1) is 19.7. The fourth-order valence-electron chi connectivity index (χ4n) is 2.31. The van der Waals surface area contributed by atoms with Crippen LogP contribution < -0.4 is 0 Å². The van der Waals surface area contributed by atoms with Gasteiger partial charge in [-0.25, -0.2) is 0 Å². The number of rotatable bonds is 11. The van der Waals surface area contributed by atoms with Crippen LogP contribution in [0.25, 0.3) is 0 Å². The molecule has 0 radical (unpaired) electrons. The first-order chi connectivity index (χ1) is 10.7. The molecule has 128 valence electrons. The Morgan fingerprint density at radius 3 is 2.55 bits per heavy atom. The summed E-state index contributed by atoms with van der Waals surface area (Å²) in [4.78, 5) is 11.7. The lowest BCUT2D eigenvalue weighted by Crippen LogP contribution is -2.42. The molecule has 0 heterocycles. The minimum atomic E-state index is -2.44. The van der Waals surface area contributed by atoms with Crippen molar-refractivity contribution in [2.45, 2.75) is 44.3 Å². The molecule has 1 unspecified atom stereocenters. The van der Waals surface area contributed by atoms with Crippen LogP contribution >= 0.6 is 11.8 Å². The van der Waals surface area contributed by atoms with Crippen molar-refractivity contribution < 1.29 is 22.8 Å². The van der Waals surface area contributed by atoms with E-state index in [1.54, 1.807) is 33.1 Å². The minimum absolute atomic E-state index is 0.0111. The lowest BCUT2D eigenvalue weighted by atomic mass is 10.1. The first-order valence-corrected chi connectivity index (χ1v) is 10.8. The Kier molecular flexibility index (Phi) is 10.1. The fraction of sp³-hybridized carbons (Fsp3) is 0.800. The number of carbonyl (C=O) groups is 1. The maximum Gasteiger partial charge on any atom is 0.500 e. The SMILES string of the molecule is CO[Si](CCCSCCC(=O)OC1C=CCCC1)(OC)OC. The van der Waals surface area contributed by atoms with Gasteiger partial charge < -0.3 is 18.0 Å². The molecule has 1 aliphatic carbocycles. The Morgan fingerprint density at radius 1 is 1.23 bits per heavy atom. The van der Waals surface area contributed by atoms with Crippen LogP contribution in [-0.4, -0.2) is 53.7 Å². The lowest BCUT2D eigenvalue weighted by Gasteiger charge is -2.24. The van der Waals surface area contributed by atoms with Gasteiger partial charge in [-0.3, -0.25) is 4.79 Å². The van der Waals surface area contributed by atoms with Crippen molar-refractivity contribution >= 4 is 26.5 Å². The number of thioether (sulfide) groups is 1. The molecule has 0 aromatic carbocycles. The van der Waals surface area contributed by atoms with Crippen molar-refractivity contribution in [3.63, 3.8) is 0 Å². The molecule has 0 aliphatic heterocycles. The summed E-state index contributed by atoms with van der Waals surface area (Å²) in [5.41, 5.74) is 0. The standard InChI is InChI=1S/C15H28O5SSi/c1-17-22(18-2,19-3)13-7-11-21-12-10-15(16)20-14-8-5-4-6-9-14/h5,8,14H,4,6-7,9-13H2,1-3H3. The Balaban J connectivity index is 2.06. The van der Waals surface area contributed by atoms with Crippen molar-refractivity contribution in [3.8, 4) is 0 Å². The van der Waals surface area contributed by atoms with Gasteiger partial charge in [0.15, 0.2) is 0 Å². The highest BCUT2D eigenvalue weighted by Crippen LogP contribution is 2.18. The van der Waals surface area contributed by atoms with E-state index in [1.807, 2.05) is 6.08 Å². The largest absolute Gasteiger partial charge is 0.500 e. The second kappa shape index (κ2) is 11.2. The van der Waals surface area contributed by atoms with Gasteiger partial charge in [-0.05, 0) is 37.5 Å². The van der Waals surface area contributed by atoms with Crippen molar-refractivity contribution in [1.82, 2.24) is 0 Å². The second-order valence-electron chi connectivity index (χ2n) is 5.15. The molecule has 22 heavy (non-hydrogen) atoms. The molecule has 0 fully saturated rings. The lowest BCUT2D eigenvalue weighted by molar-refractivity contribution is -0.146. The second-order valence-corrected chi connectivity index (χ2v) is 9.46. The maximum atomic E-state index is 11.7. The molecular formula is C15H28O5SSi. The van der Waals surface area contributed by atoms with Gasteiger partial charge in [0.05, 0.1) is 6.42 Å². The normalized spacial score (nSPS) is 18.4. The van der Waals surface area contributed by atoms with Crippen molar-refractivity contribution in [1.29, 1.82) is 0 Å². The predicted octanol–water partition coefficient (Wildman–Crippen LogP) is 3.03. The molecule has 0 bridgehead atoms. The smallest absolute Gasteiger partial charge is 0.458 e. The van der Waals surface area contributed by atoms with Crippen LogP contribution in [0.1, 0.15) is 32.1 Å². The number of hydrogen-bond donors (Lipinski definition) is 0. The highest BCUT2D eigenvalue weighted by Gasteiger charge is 2.36. The summed E-state index contributed by atoms with van der Waals surface area (Å²) in [6.45, 7) is 0. The highest BCUT2D eigenvalue weighted by atomic mass is 32.2. The molecule has 1 rings (SSSR count). The third kappa shape index (κ3) is 7.28. The zero-order valence-electron chi connectivity index (χ0n) is 13.8. The molecule has 0 saturated carbocycles. The van der Waals surface area contributed by atoms with Gasteiger partial charge in [-0.1, -0.05) is 6.08 Å². The van der Waals surface area contributed by atoms with Gasteiger partial charge >= 0.3 is 14.8 Å². The summed E-state index contributed by atoms with van der Waals surface area (Å²) in [6, 6.07) is 0.792. The van der Waals surface area contributed by atoms with Gasteiger partial charge in [-0.15, -0.1) is 0 Å². The quantitative estimate of drug-likeness (QED) is 0.248. The molecule has 0 amide bonds. The van der Waals surface area contributed by atoms with Crippen molar-refractivity contribution in [3.05, 3.63) is 12.2 Å². The van der Waals surface area contributed by atoms with Gasteiger partial charge in [0, 0.05) is 33.1 Å². The number of carbonyl (C=O) groups excluding carboxylic acids is 1. The van der Waals surface area contributed by atoms with E-state index in [4.69, 9.17) is 18.0 Å². The highest BCUT2D eigenvalue weighted by molar-refractivity contribution is 7.99. The molecule has 5 nitrogen and oxygen atoms in total. The Labute approximate surface area is 139 Å². The third-order valence-corrected chi connectivity index (χ3v) is 7.55. The van der Waals surface area contributed by atoms with E-state index in [2.05, 4.69) is 6.08 Å². The molecule has 0 aromatic rings. The van der Waals surface area contributed by atoms with E-state index in [0.29, 0.717) is 6.42 Å². The summed E-state index contributed by atoms with van der Waals surface area (Å²) in [5, 5.41) is 0. The summed E-state index contributed by atoms with van der Waals surface area (Å²) < 4.78 is 21.5. The molecule has 7 heteroatoms. The summed E-state index contributed by atoms with van der Waals surface area (Å²) in [6.07, 6.45) is 8.65. The van der Waals surface area contributed by atoms with Crippen molar-refractivity contribution in [2.24, 2.45) is 0 Å². The number of ether oxygens (including phenoxy) is 1. The topological polar surface area (TPSA) is 54.0 Å². The van der Waals surface area contributed by atoms with Crippen LogP contribution in [0.2, 0.25) is 6.04 Å². The molecule has 0 spiro atoms. The average molecular weight is 349 g/mol. The van der Waals surface area contributed by atoms with E-state index < -0.39 is 8.80 Å². The van der Waals surface area contributed by atoms with E-state index in [1.165, 1.54) is 0 Å². The number of esters is 1. The number of hydrogen-bond acceptors (Lipinski definition) is 6. The molecular weight excluding hydrogens is 320 g/mol. The Morgan fingerprint density at radius 2 is 1.95 bits per heavy atom. The van der Waals surface area contributed by atoms with E-state index in [-0.39, 0.29) is 12.1 Å². The maximum absolute atomic E-state index is 11.7. The van der Waals surface area contributed by atoms with E-state index in [9.17, 15) is 4.79 Å². The summed E-state index contributed by atoms with van der Waals surface area (Å²) in [7, 11) is 2.44. The van der Waals surface area contributed by atoms with Crippen LogP contribution in [0.15, 0.2) is 12.2 Å². The zero-order valence-corrected chi connectivity index (χ0v) is 15.7. The molecule has 0 N–H and O–H groups in total. The zero-order chi connectivity index (χ0) is 16.3. The van der Waals surface area contributed by atoms with Crippen LogP contribution in [0.5, 0.6) is 0 Å². The van der Waals surface area contributed by atoms with Crippen LogP contribution in [0, 0.1) is 0 Å². The molecule has 0 saturated heterocycles. The van der Waals surface area contributed by atoms with Gasteiger partial charge in [0.25, 0.3) is 0 Å². The summed E-state index contributed by atoms with van der Waals surface area (Å²) >= 11 is 1.75. The Hall–Kier alpha value is -0.343. The first-order valence-electron chi connectivity index (χ1n) is 7.75. The molecule has 1 atom stereocenters. The summed E-state index contributed by atoms with van der Waals surface area (Å²) in [5.74, 6) is 1.65. The average Bonchev–Trinajstić information content (AvgIpc) is 2.56. The van der Waals surface area contributed by atoms with Crippen molar-refractivity contribution in [2.75, 3.05) is 32.8 Å². The monoisotopic (exact) mass is 348 g/mol. The fourth-order valence-corrected chi connectivity index (χ4v) is 5.15. The number of allylic oxidation sites excluding steroid dienone is 1. The Bertz CT molecular complexity index is 339. The van der Waals surface area contributed by atoms with Crippen LogP contribution in [0.3, 0.4) is 0 Å².